The fraction of sp³-hybridized carbons (Fsp3) is 0.353. The van der Waals surface area contributed by atoms with E-state index < -0.39 is 24.0 Å². The fourth-order valence-electron chi connectivity index (χ4n) is 2.95. The molecule has 2 aromatic rings. The maximum absolute atomic E-state index is 12.3. The van der Waals surface area contributed by atoms with Gasteiger partial charge in [-0.2, -0.15) is 0 Å². The molecule has 0 bridgehead atoms. The Kier molecular flexibility index (Phi) is 4.60. The number of benzene rings is 1. The molecule has 0 aliphatic carbocycles. The Bertz CT molecular complexity index is 841. The summed E-state index contributed by atoms with van der Waals surface area (Å²) >= 11 is 0. The third kappa shape index (κ3) is 2.90. The molecule has 0 saturated carbocycles. The van der Waals surface area contributed by atoms with E-state index in [-0.39, 0.29) is 23.8 Å². The summed E-state index contributed by atoms with van der Waals surface area (Å²) in [5, 5.41) is 13.0. The molecule has 0 spiro atoms. The number of aromatic nitrogens is 1. The molecule has 0 unspecified atom stereocenters. The summed E-state index contributed by atoms with van der Waals surface area (Å²) in [5.41, 5.74) is 1.13. The Labute approximate surface area is 143 Å². The molecule has 25 heavy (non-hydrogen) atoms. The summed E-state index contributed by atoms with van der Waals surface area (Å²) < 4.78 is 9.96. The van der Waals surface area contributed by atoms with Crippen LogP contribution < -0.4 is 0 Å². The van der Waals surface area contributed by atoms with Crippen LogP contribution in [0.25, 0.3) is 10.9 Å². The second-order valence-corrected chi connectivity index (χ2v) is 5.41. The number of ether oxygens (including phenoxy) is 2. The van der Waals surface area contributed by atoms with Crippen molar-refractivity contribution in [2.24, 2.45) is 0 Å². The molecule has 132 valence electrons. The number of hydrogen-bond donors (Lipinski definition) is 1. The van der Waals surface area contributed by atoms with Crippen LogP contribution in [0.4, 0.5) is 0 Å². The summed E-state index contributed by atoms with van der Waals surface area (Å²) in [6, 6.07) is 7.37. The van der Waals surface area contributed by atoms with E-state index in [1.165, 1.54) is 0 Å². The number of aromatic amines is 1. The standard InChI is InChI=1S/C17H18N2O6/c1-3-23-16(20)14-13(15(25-19(14)22)17(21)24-4-2)11-9-18-12-8-6-5-7-10(11)12/h5-9,13,15,18H,3-4H2,1-2H3/t13-,15-/m0/s1. The molecular weight excluding hydrogens is 328 g/mol. The number of nitrogens with one attached hydrogen (secondary N) is 1. The Hall–Kier alpha value is -3.03. The van der Waals surface area contributed by atoms with E-state index in [2.05, 4.69) is 4.98 Å². The van der Waals surface area contributed by atoms with Gasteiger partial charge in [0, 0.05) is 17.1 Å². The van der Waals surface area contributed by atoms with Crippen molar-refractivity contribution in [1.82, 2.24) is 4.98 Å². The minimum absolute atomic E-state index is 0.0615. The quantitative estimate of drug-likeness (QED) is 0.652. The van der Waals surface area contributed by atoms with Gasteiger partial charge in [-0.25, -0.2) is 4.79 Å². The molecule has 1 aromatic heterocycles. The minimum Gasteiger partial charge on any atom is -0.465 e. The lowest BCUT2D eigenvalue weighted by Gasteiger charge is -2.16. The van der Waals surface area contributed by atoms with Crippen LogP contribution in [0, 0.1) is 5.21 Å². The Morgan fingerprint density at radius 1 is 1.24 bits per heavy atom. The van der Waals surface area contributed by atoms with Crippen molar-refractivity contribution in [3.8, 4) is 0 Å². The number of carbonyl (C=O) groups is 2. The summed E-state index contributed by atoms with van der Waals surface area (Å²) in [7, 11) is 0. The average molecular weight is 346 g/mol. The van der Waals surface area contributed by atoms with Crippen molar-refractivity contribution in [3.05, 3.63) is 41.2 Å². The largest absolute Gasteiger partial charge is 0.465 e. The second kappa shape index (κ2) is 6.84. The summed E-state index contributed by atoms with van der Waals surface area (Å²) in [6.45, 7) is 3.51. The van der Waals surface area contributed by atoms with Gasteiger partial charge in [-0.3, -0.25) is 10.0 Å². The third-order valence-electron chi connectivity index (χ3n) is 3.96. The molecule has 0 radical (unpaired) electrons. The van der Waals surface area contributed by atoms with Crippen LogP contribution in [0.1, 0.15) is 25.3 Å². The summed E-state index contributed by atoms with van der Waals surface area (Å²) in [5.74, 6) is -2.45. The SMILES string of the molecule is CCOC(=O)C1=[N+]([O-])O[C@H](C(=O)OCC)[C@H]1c1c[nH]c2ccccc12. The highest BCUT2D eigenvalue weighted by molar-refractivity contribution is 6.37. The van der Waals surface area contributed by atoms with Crippen molar-refractivity contribution in [2.75, 3.05) is 13.2 Å². The predicted octanol–water partition coefficient (Wildman–Crippen LogP) is 1.64. The molecule has 3 rings (SSSR count). The number of H-pyrrole nitrogens is 1. The van der Waals surface area contributed by atoms with Gasteiger partial charge >= 0.3 is 17.7 Å². The Balaban J connectivity index is 2.10. The third-order valence-corrected chi connectivity index (χ3v) is 3.96. The fourth-order valence-corrected chi connectivity index (χ4v) is 2.95. The van der Waals surface area contributed by atoms with Crippen LogP contribution >= 0.6 is 0 Å². The number of esters is 2. The smallest absolute Gasteiger partial charge is 0.405 e. The number of rotatable bonds is 5. The zero-order valence-electron chi connectivity index (χ0n) is 13.9. The first-order valence-corrected chi connectivity index (χ1v) is 7.99. The van der Waals surface area contributed by atoms with Gasteiger partial charge < -0.3 is 19.3 Å². The molecular formula is C17H18N2O6. The van der Waals surface area contributed by atoms with Crippen LogP contribution in [0.2, 0.25) is 0 Å². The molecule has 2 atom stereocenters. The molecule has 0 amide bonds. The van der Waals surface area contributed by atoms with Gasteiger partial charge in [0.1, 0.15) is 5.92 Å². The first-order valence-electron chi connectivity index (χ1n) is 7.99. The lowest BCUT2D eigenvalue weighted by molar-refractivity contribution is -0.736. The molecule has 1 aliphatic rings. The topological polar surface area (TPSA) is 104 Å². The summed E-state index contributed by atoms with van der Waals surface area (Å²) in [4.78, 5) is 32.8. The van der Waals surface area contributed by atoms with E-state index >= 15 is 0 Å². The normalized spacial score (nSPS) is 19.8. The second-order valence-electron chi connectivity index (χ2n) is 5.41. The zero-order valence-corrected chi connectivity index (χ0v) is 13.9. The number of hydrogen-bond acceptors (Lipinski definition) is 6. The molecule has 0 saturated heterocycles. The van der Waals surface area contributed by atoms with Crippen molar-refractivity contribution in [2.45, 2.75) is 25.9 Å². The van der Waals surface area contributed by atoms with Crippen molar-refractivity contribution < 1.29 is 28.8 Å². The highest BCUT2D eigenvalue weighted by atomic mass is 16.9. The number of fused-ring (bicyclic) bond motifs is 1. The van der Waals surface area contributed by atoms with Crippen LogP contribution in [0.5, 0.6) is 0 Å². The maximum atomic E-state index is 12.3. The van der Waals surface area contributed by atoms with Gasteiger partial charge in [0.2, 0.25) is 0 Å². The van der Waals surface area contributed by atoms with Crippen LogP contribution in [0.15, 0.2) is 30.5 Å². The highest BCUT2D eigenvalue weighted by Gasteiger charge is 2.51. The van der Waals surface area contributed by atoms with Crippen molar-refractivity contribution in [3.63, 3.8) is 0 Å². The molecule has 1 aromatic carbocycles. The zero-order chi connectivity index (χ0) is 18.0. The Morgan fingerprint density at radius 3 is 2.68 bits per heavy atom. The van der Waals surface area contributed by atoms with Crippen LogP contribution in [0.3, 0.4) is 0 Å². The van der Waals surface area contributed by atoms with Gasteiger partial charge in [0.15, 0.2) is 6.10 Å². The predicted molar refractivity (Wildman–Crippen MR) is 87.8 cm³/mol. The lowest BCUT2D eigenvalue weighted by atomic mass is 9.89. The van der Waals surface area contributed by atoms with E-state index in [4.69, 9.17) is 14.3 Å². The van der Waals surface area contributed by atoms with Gasteiger partial charge in [-0.15, -0.1) is 0 Å². The number of para-hydroxylation sites is 1. The van der Waals surface area contributed by atoms with E-state index in [0.717, 1.165) is 10.9 Å². The minimum atomic E-state index is -1.25. The first-order chi connectivity index (χ1) is 12.1. The number of carbonyl (C=O) groups excluding carboxylic acids is 2. The first kappa shape index (κ1) is 16.8. The van der Waals surface area contributed by atoms with Crippen molar-refractivity contribution in [1.29, 1.82) is 0 Å². The van der Waals surface area contributed by atoms with Gasteiger partial charge in [0.05, 0.1) is 18.1 Å². The maximum Gasteiger partial charge on any atom is 0.405 e. The molecule has 2 heterocycles. The van der Waals surface area contributed by atoms with E-state index in [9.17, 15) is 14.8 Å². The molecule has 1 aliphatic heterocycles. The number of nitrogens with zero attached hydrogens (tertiary/aromatic N) is 1. The lowest BCUT2D eigenvalue weighted by Crippen LogP contribution is -2.34. The van der Waals surface area contributed by atoms with E-state index in [1.807, 2.05) is 24.3 Å². The average Bonchev–Trinajstić information content (AvgIpc) is 3.16. The van der Waals surface area contributed by atoms with Gasteiger partial charge in [-0.05, 0) is 25.5 Å². The van der Waals surface area contributed by atoms with Crippen LogP contribution in [-0.4, -0.2) is 46.9 Å². The highest BCUT2D eigenvalue weighted by Crippen LogP contribution is 2.34. The van der Waals surface area contributed by atoms with E-state index in [1.54, 1.807) is 20.0 Å². The molecule has 8 heteroatoms. The van der Waals surface area contributed by atoms with Crippen LogP contribution in [-0.2, 0) is 23.9 Å². The van der Waals surface area contributed by atoms with Crippen molar-refractivity contribution >= 4 is 28.6 Å². The van der Waals surface area contributed by atoms with E-state index in [0.29, 0.717) is 5.56 Å². The molecule has 1 N–H and O–H groups in total. The summed E-state index contributed by atoms with van der Waals surface area (Å²) in [6.07, 6.45) is 0.402. The molecule has 8 nitrogen and oxygen atoms in total. The van der Waals surface area contributed by atoms with Gasteiger partial charge in [0.25, 0.3) is 0 Å². The monoisotopic (exact) mass is 346 g/mol. The Morgan fingerprint density at radius 2 is 1.96 bits per heavy atom. The molecule has 0 fully saturated rings. The van der Waals surface area contributed by atoms with Gasteiger partial charge in [-0.1, -0.05) is 18.2 Å².